The van der Waals surface area contributed by atoms with E-state index in [-0.39, 0.29) is 30.1 Å². The van der Waals surface area contributed by atoms with Gasteiger partial charge in [-0.05, 0) is 32.9 Å². The van der Waals surface area contributed by atoms with E-state index in [9.17, 15) is 4.79 Å². The van der Waals surface area contributed by atoms with E-state index in [1.165, 1.54) is 0 Å². The Hall–Kier alpha value is -2.34. The smallest absolute Gasteiger partial charge is 0.237 e. The van der Waals surface area contributed by atoms with Gasteiger partial charge in [0.15, 0.2) is 0 Å². The SMILES string of the molecule is C[C@H](N[C@H](C)[C@H](C)n1cccn1)C(=O)N[C@@H]1CCOc2ccccc21. The quantitative estimate of drug-likeness (QED) is 0.846. The van der Waals surface area contributed by atoms with Crippen LogP contribution in [0.3, 0.4) is 0 Å². The zero-order valence-corrected chi connectivity index (χ0v) is 15.0. The zero-order chi connectivity index (χ0) is 17.8. The third kappa shape index (κ3) is 4.02. The normalized spacial score (nSPS) is 20.0. The molecule has 25 heavy (non-hydrogen) atoms. The maximum atomic E-state index is 12.6. The molecule has 0 aliphatic carbocycles. The van der Waals surface area contributed by atoms with Crippen LogP contribution in [0.15, 0.2) is 42.7 Å². The second-order valence-corrected chi connectivity index (χ2v) is 6.64. The molecule has 0 fully saturated rings. The second kappa shape index (κ2) is 7.70. The number of nitrogens with one attached hydrogen (secondary N) is 2. The minimum Gasteiger partial charge on any atom is -0.493 e. The van der Waals surface area contributed by atoms with Gasteiger partial charge in [-0.3, -0.25) is 9.48 Å². The number of carbonyl (C=O) groups excluding carboxylic acids is 1. The molecule has 0 unspecified atom stereocenters. The number of para-hydroxylation sites is 1. The summed E-state index contributed by atoms with van der Waals surface area (Å²) in [6, 6.07) is 9.78. The molecule has 1 aromatic carbocycles. The van der Waals surface area contributed by atoms with Crippen molar-refractivity contribution in [2.75, 3.05) is 6.61 Å². The van der Waals surface area contributed by atoms with Crippen LogP contribution in [-0.4, -0.2) is 34.4 Å². The van der Waals surface area contributed by atoms with Crippen LogP contribution in [0, 0.1) is 0 Å². The molecule has 0 saturated heterocycles. The number of benzene rings is 1. The predicted octanol–water partition coefficient (Wildman–Crippen LogP) is 2.45. The van der Waals surface area contributed by atoms with Crippen molar-refractivity contribution in [1.29, 1.82) is 0 Å². The van der Waals surface area contributed by atoms with Gasteiger partial charge in [0.05, 0.1) is 24.7 Å². The Balaban J connectivity index is 1.58. The van der Waals surface area contributed by atoms with Crippen LogP contribution in [0.1, 0.15) is 44.8 Å². The molecular formula is C19H26N4O2. The lowest BCUT2D eigenvalue weighted by atomic mass is 10.00. The number of ether oxygens (including phenoxy) is 1. The fourth-order valence-electron chi connectivity index (χ4n) is 3.15. The minimum absolute atomic E-state index is 0.000505. The highest BCUT2D eigenvalue weighted by molar-refractivity contribution is 5.81. The van der Waals surface area contributed by atoms with Crippen molar-refractivity contribution >= 4 is 5.91 Å². The Morgan fingerprint density at radius 3 is 2.84 bits per heavy atom. The van der Waals surface area contributed by atoms with Gasteiger partial charge in [-0.25, -0.2) is 0 Å². The molecule has 0 bridgehead atoms. The lowest BCUT2D eigenvalue weighted by molar-refractivity contribution is -0.124. The first-order chi connectivity index (χ1) is 12.1. The van der Waals surface area contributed by atoms with E-state index in [2.05, 4.69) is 29.6 Å². The number of aromatic nitrogens is 2. The van der Waals surface area contributed by atoms with Gasteiger partial charge in [-0.15, -0.1) is 0 Å². The van der Waals surface area contributed by atoms with E-state index in [1.807, 2.05) is 48.1 Å². The largest absolute Gasteiger partial charge is 0.493 e. The van der Waals surface area contributed by atoms with Crippen molar-refractivity contribution in [3.8, 4) is 5.75 Å². The molecule has 0 saturated carbocycles. The van der Waals surface area contributed by atoms with Gasteiger partial charge in [-0.2, -0.15) is 5.10 Å². The van der Waals surface area contributed by atoms with Crippen LogP contribution in [0.25, 0.3) is 0 Å². The Morgan fingerprint density at radius 2 is 2.08 bits per heavy atom. The van der Waals surface area contributed by atoms with E-state index in [0.29, 0.717) is 6.61 Å². The molecule has 134 valence electrons. The molecular weight excluding hydrogens is 316 g/mol. The van der Waals surface area contributed by atoms with E-state index in [0.717, 1.165) is 17.7 Å². The van der Waals surface area contributed by atoms with Gasteiger partial charge in [-0.1, -0.05) is 18.2 Å². The van der Waals surface area contributed by atoms with Crippen LogP contribution in [0.2, 0.25) is 0 Å². The summed E-state index contributed by atoms with van der Waals surface area (Å²) in [4.78, 5) is 12.6. The Labute approximate surface area is 148 Å². The Morgan fingerprint density at radius 1 is 1.28 bits per heavy atom. The number of fused-ring (bicyclic) bond motifs is 1. The van der Waals surface area contributed by atoms with Crippen LogP contribution in [0.5, 0.6) is 5.75 Å². The summed E-state index contributed by atoms with van der Waals surface area (Å²) in [7, 11) is 0. The summed E-state index contributed by atoms with van der Waals surface area (Å²) < 4.78 is 7.56. The molecule has 4 atom stereocenters. The average molecular weight is 342 g/mol. The standard InChI is InChI=1S/C19H26N4O2/c1-13(15(3)23-11-6-10-20-23)21-14(2)19(24)22-17-9-12-25-18-8-5-4-7-16(17)18/h4-8,10-11,13-15,17,21H,9,12H2,1-3H3,(H,22,24)/t13-,14+,15+,17-/m1/s1. The van der Waals surface area contributed by atoms with Gasteiger partial charge in [0.1, 0.15) is 5.75 Å². The van der Waals surface area contributed by atoms with E-state index in [1.54, 1.807) is 6.20 Å². The number of carbonyl (C=O) groups is 1. The molecule has 2 N–H and O–H groups in total. The molecule has 1 aliphatic heterocycles. The first kappa shape index (κ1) is 17.5. The van der Waals surface area contributed by atoms with Crippen LogP contribution in [0.4, 0.5) is 0 Å². The summed E-state index contributed by atoms with van der Waals surface area (Å²) >= 11 is 0. The zero-order valence-electron chi connectivity index (χ0n) is 15.0. The number of hydrogen-bond acceptors (Lipinski definition) is 4. The summed E-state index contributed by atoms with van der Waals surface area (Å²) in [6.45, 7) is 6.67. The molecule has 0 spiro atoms. The molecule has 1 amide bonds. The van der Waals surface area contributed by atoms with E-state index >= 15 is 0 Å². The maximum absolute atomic E-state index is 12.6. The average Bonchev–Trinajstić information content (AvgIpc) is 3.15. The van der Waals surface area contributed by atoms with Crippen LogP contribution >= 0.6 is 0 Å². The highest BCUT2D eigenvalue weighted by Crippen LogP contribution is 2.31. The number of hydrogen-bond donors (Lipinski definition) is 2. The summed E-state index contributed by atoms with van der Waals surface area (Å²) in [5.74, 6) is 0.863. The third-order valence-electron chi connectivity index (χ3n) is 4.85. The number of nitrogens with zero attached hydrogens (tertiary/aromatic N) is 2. The first-order valence-electron chi connectivity index (χ1n) is 8.83. The molecule has 1 aromatic heterocycles. The van der Waals surface area contributed by atoms with Crippen molar-refractivity contribution in [2.24, 2.45) is 0 Å². The fourth-order valence-corrected chi connectivity index (χ4v) is 3.15. The fraction of sp³-hybridized carbons (Fsp3) is 0.474. The van der Waals surface area contributed by atoms with Crippen molar-refractivity contribution in [1.82, 2.24) is 20.4 Å². The van der Waals surface area contributed by atoms with Crippen LogP contribution < -0.4 is 15.4 Å². The second-order valence-electron chi connectivity index (χ2n) is 6.64. The molecule has 6 nitrogen and oxygen atoms in total. The first-order valence-corrected chi connectivity index (χ1v) is 8.83. The predicted molar refractivity (Wildman–Crippen MR) is 96.4 cm³/mol. The Bertz CT molecular complexity index is 701. The van der Waals surface area contributed by atoms with Gasteiger partial charge >= 0.3 is 0 Å². The molecule has 6 heteroatoms. The molecule has 2 aromatic rings. The Kier molecular flexibility index (Phi) is 5.38. The molecule has 0 radical (unpaired) electrons. The topological polar surface area (TPSA) is 68.2 Å². The minimum atomic E-state index is -0.289. The maximum Gasteiger partial charge on any atom is 0.237 e. The van der Waals surface area contributed by atoms with Gasteiger partial charge in [0.2, 0.25) is 5.91 Å². The molecule has 1 aliphatic rings. The monoisotopic (exact) mass is 342 g/mol. The lowest BCUT2D eigenvalue weighted by Crippen LogP contribution is -2.49. The van der Waals surface area contributed by atoms with Gasteiger partial charge in [0, 0.05) is 30.4 Å². The highest BCUT2D eigenvalue weighted by Gasteiger charge is 2.26. The summed E-state index contributed by atoms with van der Waals surface area (Å²) in [5.41, 5.74) is 1.05. The molecule has 2 heterocycles. The van der Waals surface area contributed by atoms with Crippen LogP contribution in [-0.2, 0) is 4.79 Å². The highest BCUT2D eigenvalue weighted by atomic mass is 16.5. The summed E-state index contributed by atoms with van der Waals surface area (Å²) in [5, 5.41) is 10.8. The van der Waals surface area contributed by atoms with Gasteiger partial charge in [0.25, 0.3) is 0 Å². The van der Waals surface area contributed by atoms with Crippen molar-refractivity contribution in [2.45, 2.75) is 51.4 Å². The third-order valence-corrected chi connectivity index (χ3v) is 4.85. The van der Waals surface area contributed by atoms with E-state index in [4.69, 9.17) is 4.74 Å². The van der Waals surface area contributed by atoms with E-state index < -0.39 is 0 Å². The van der Waals surface area contributed by atoms with Crippen molar-refractivity contribution in [3.63, 3.8) is 0 Å². The van der Waals surface area contributed by atoms with Crippen molar-refractivity contribution < 1.29 is 9.53 Å². The number of rotatable bonds is 6. The molecule has 3 rings (SSSR count). The van der Waals surface area contributed by atoms with Crippen molar-refractivity contribution in [3.05, 3.63) is 48.3 Å². The van der Waals surface area contributed by atoms with Gasteiger partial charge < -0.3 is 15.4 Å². The summed E-state index contributed by atoms with van der Waals surface area (Å²) in [6.07, 6.45) is 4.49. The number of amides is 1. The lowest BCUT2D eigenvalue weighted by Gasteiger charge is -2.29.